The van der Waals surface area contributed by atoms with Gasteiger partial charge in [-0.1, -0.05) is 37.3 Å². The average molecular weight is 287 g/mol. The van der Waals surface area contributed by atoms with Crippen LogP contribution in [0.2, 0.25) is 0 Å². The molecule has 1 saturated heterocycles. The Morgan fingerprint density at radius 2 is 2.20 bits per heavy atom. The summed E-state index contributed by atoms with van der Waals surface area (Å²) in [6.07, 6.45) is 2.78. The van der Waals surface area contributed by atoms with Gasteiger partial charge in [0.25, 0.3) is 0 Å². The van der Waals surface area contributed by atoms with Crippen LogP contribution >= 0.6 is 11.3 Å². The van der Waals surface area contributed by atoms with Crippen molar-refractivity contribution in [3.05, 3.63) is 52.0 Å². The number of amides is 1. The minimum absolute atomic E-state index is 0.0412. The minimum Gasteiger partial charge on any atom is -0.335 e. The van der Waals surface area contributed by atoms with Gasteiger partial charge in [0.15, 0.2) is 0 Å². The van der Waals surface area contributed by atoms with E-state index in [2.05, 4.69) is 34.3 Å². The summed E-state index contributed by atoms with van der Waals surface area (Å²) in [4.78, 5) is 19.4. The molecule has 5 heteroatoms. The maximum Gasteiger partial charge on any atom is 0.235 e. The van der Waals surface area contributed by atoms with Crippen molar-refractivity contribution in [3.8, 4) is 0 Å². The molecule has 4 nitrogen and oxygen atoms in total. The van der Waals surface area contributed by atoms with Crippen LogP contribution in [0.5, 0.6) is 0 Å². The van der Waals surface area contributed by atoms with Crippen LogP contribution in [0.1, 0.15) is 28.5 Å². The van der Waals surface area contributed by atoms with E-state index in [1.54, 1.807) is 11.3 Å². The van der Waals surface area contributed by atoms with E-state index in [0.717, 1.165) is 22.9 Å². The molecular weight excluding hydrogens is 270 g/mol. The summed E-state index contributed by atoms with van der Waals surface area (Å²) in [5.74, 6) is 0.0809. The SMILES string of the molecule is CCc1ncc([C@H]2NC(=O)CN2Cc2ccccc2)s1. The van der Waals surface area contributed by atoms with E-state index in [4.69, 9.17) is 0 Å². The van der Waals surface area contributed by atoms with Crippen molar-refractivity contribution >= 4 is 17.2 Å². The van der Waals surface area contributed by atoms with Crippen molar-refractivity contribution < 1.29 is 4.79 Å². The second kappa shape index (κ2) is 5.73. The van der Waals surface area contributed by atoms with Gasteiger partial charge in [0, 0.05) is 12.7 Å². The van der Waals surface area contributed by atoms with Gasteiger partial charge in [-0.2, -0.15) is 0 Å². The van der Waals surface area contributed by atoms with E-state index < -0.39 is 0 Å². The summed E-state index contributed by atoms with van der Waals surface area (Å²) in [6.45, 7) is 3.31. The fraction of sp³-hybridized carbons (Fsp3) is 0.333. The number of nitrogens with one attached hydrogen (secondary N) is 1. The molecule has 0 spiro atoms. The number of hydrogen-bond donors (Lipinski definition) is 1. The van der Waals surface area contributed by atoms with E-state index in [9.17, 15) is 4.79 Å². The third-order valence-corrected chi connectivity index (χ3v) is 4.58. The third kappa shape index (κ3) is 2.73. The number of carbonyl (C=O) groups excluding carboxylic acids is 1. The van der Waals surface area contributed by atoms with Gasteiger partial charge in [-0.15, -0.1) is 11.3 Å². The maximum absolute atomic E-state index is 11.7. The zero-order chi connectivity index (χ0) is 13.9. The Balaban J connectivity index is 1.79. The van der Waals surface area contributed by atoms with Gasteiger partial charge in [-0.3, -0.25) is 9.69 Å². The molecule has 0 radical (unpaired) electrons. The highest BCUT2D eigenvalue weighted by molar-refractivity contribution is 7.11. The Labute approximate surface area is 122 Å². The highest BCUT2D eigenvalue weighted by Gasteiger charge is 2.32. The van der Waals surface area contributed by atoms with Crippen LogP contribution in [0, 0.1) is 0 Å². The molecule has 1 atom stereocenters. The molecule has 1 N–H and O–H groups in total. The van der Waals surface area contributed by atoms with Gasteiger partial charge in [-0.05, 0) is 12.0 Å². The number of thiazole rings is 1. The Morgan fingerprint density at radius 3 is 2.90 bits per heavy atom. The molecule has 2 aromatic rings. The molecule has 2 heterocycles. The first-order valence-electron chi connectivity index (χ1n) is 6.78. The molecule has 1 aliphatic rings. The first-order valence-corrected chi connectivity index (χ1v) is 7.60. The second-order valence-electron chi connectivity index (χ2n) is 4.87. The zero-order valence-corrected chi connectivity index (χ0v) is 12.2. The molecule has 0 aliphatic carbocycles. The lowest BCUT2D eigenvalue weighted by atomic mass is 10.2. The first-order chi connectivity index (χ1) is 9.76. The molecule has 3 rings (SSSR count). The standard InChI is InChI=1S/C15H17N3OS/c1-2-14-16-8-12(20-14)15-17-13(19)10-18(15)9-11-6-4-3-5-7-11/h3-8,15H,2,9-10H2,1H3,(H,17,19)/t15-/m0/s1. The molecule has 0 unspecified atom stereocenters. The van der Waals surface area contributed by atoms with Crippen LogP contribution in [0.4, 0.5) is 0 Å². The maximum atomic E-state index is 11.7. The van der Waals surface area contributed by atoms with Crippen LogP contribution in [-0.4, -0.2) is 22.3 Å². The topological polar surface area (TPSA) is 45.2 Å². The normalized spacial score (nSPS) is 19.2. The van der Waals surface area contributed by atoms with E-state index in [0.29, 0.717) is 6.54 Å². The Morgan fingerprint density at radius 1 is 1.40 bits per heavy atom. The summed E-state index contributed by atoms with van der Waals surface area (Å²) in [5.41, 5.74) is 1.22. The van der Waals surface area contributed by atoms with E-state index >= 15 is 0 Å². The molecule has 1 aromatic heterocycles. The molecular formula is C15H17N3OS. The number of carbonyl (C=O) groups is 1. The lowest BCUT2D eigenvalue weighted by Gasteiger charge is -2.21. The van der Waals surface area contributed by atoms with Crippen molar-refractivity contribution in [2.45, 2.75) is 26.1 Å². The summed E-state index contributed by atoms with van der Waals surface area (Å²) in [7, 11) is 0. The number of benzene rings is 1. The molecule has 1 aromatic carbocycles. The molecule has 0 bridgehead atoms. The fourth-order valence-electron chi connectivity index (χ4n) is 2.40. The van der Waals surface area contributed by atoms with Crippen LogP contribution in [-0.2, 0) is 17.8 Å². The lowest BCUT2D eigenvalue weighted by Crippen LogP contribution is -2.26. The van der Waals surface area contributed by atoms with Crippen LogP contribution in [0.25, 0.3) is 0 Å². The summed E-state index contributed by atoms with van der Waals surface area (Å²) in [5, 5.41) is 4.15. The van der Waals surface area contributed by atoms with Crippen LogP contribution < -0.4 is 5.32 Å². The predicted molar refractivity (Wildman–Crippen MR) is 79.2 cm³/mol. The number of hydrogen-bond acceptors (Lipinski definition) is 4. The van der Waals surface area contributed by atoms with Gasteiger partial charge < -0.3 is 5.32 Å². The van der Waals surface area contributed by atoms with E-state index in [1.807, 2.05) is 24.4 Å². The summed E-state index contributed by atoms with van der Waals surface area (Å²) < 4.78 is 0. The van der Waals surface area contributed by atoms with E-state index in [1.165, 1.54) is 5.56 Å². The number of aryl methyl sites for hydroxylation is 1. The van der Waals surface area contributed by atoms with Crippen molar-refractivity contribution in [1.82, 2.24) is 15.2 Å². The fourth-order valence-corrected chi connectivity index (χ4v) is 3.34. The van der Waals surface area contributed by atoms with Crippen molar-refractivity contribution in [2.24, 2.45) is 0 Å². The highest BCUT2D eigenvalue weighted by atomic mass is 32.1. The lowest BCUT2D eigenvalue weighted by molar-refractivity contribution is -0.118. The molecule has 1 fully saturated rings. The molecule has 104 valence electrons. The monoisotopic (exact) mass is 287 g/mol. The molecule has 0 saturated carbocycles. The average Bonchev–Trinajstić information content (AvgIpc) is 3.06. The highest BCUT2D eigenvalue weighted by Crippen LogP contribution is 2.28. The molecule has 1 amide bonds. The Hall–Kier alpha value is -1.72. The number of nitrogens with zero attached hydrogens (tertiary/aromatic N) is 2. The van der Waals surface area contributed by atoms with E-state index in [-0.39, 0.29) is 12.1 Å². The Bertz CT molecular complexity index is 596. The van der Waals surface area contributed by atoms with Crippen molar-refractivity contribution in [3.63, 3.8) is 0 Å². The Kier molecular flexibility index (Phi) is 3.80. The molecule has 1 aliphatic heterocycles. The third-order valence-electron chi connectivity index (χ3n) is 3.38. The number of aromatic nitrogens is 1. The second-order valence-corrected chi connectivity index (χ2v) is 6.02. The van der Waals surface area contributed by atoms with Gasteiger partial charge >= 0.3 is 0 Å². The first kappa shape index (κ1) is 13.3. The summed E-state index contributed by atoms with van der Waals surface area (Å²) in [6, 6.07) is 10.2. The van der Waals surface area contributed by atoms with Gasteiger partial charge in [0.2, 0.25) is 5.91 Å². The number of rotatable bonds is 4. The van der Waals surface area contributed by atoms with Crippen LogP contribution in [0.3, 0.4) is 0 Å². The van der Waals surface area contributed by atoms with Gasteiger partial charge in [0.05, 0.1) is 16.4 Å². The van der Waals surface area contributed by atoms with Gasteiger partial charge in [0.1, 0.15) is 6.17 Å². The predicted octanol–water partition coefficient (Wildman–Crippen LogP) is 2.34. The van der Waals surface area contributed by atoms with Crippen molar-refractivity contribution in [2.75, 3.05) is 6.54 Å². The summed E-state index contributed by atoms with van der Waals surface area (Å²) >= 11 is 1.68. The smallest absolute Gasteiger partial charge is 0.235 e. The minimum atomic E-state index is -0.0412. The van der Waals surface area contributed by atoms with Crippen molar-refractivity contribution in [1.29, 1.82) is 0 Å². The molecule has 20 heavy (non-hydrogen) atoms. The quantitative estimate of drug-likeness (QED) is 0.939. The van der Waals surface area contributed by atoms with Crippen LogP contribution in [0.15, 0.2) is 36.5 Å². The largest absolute Gasteiger partial charge is 0.335 e. The van der Waals surface area contributed by atoms with Gasteiger partial charge in [-0.25, -0.2) is 4.98 Å². The zero-order valence-electron chi connectivity index (χ0n) is 11.4.